The maximum Gasteiger partial charge on any atom is 0.122 e. The summed E-state index contributed by atoms with van der Waals surface area (Å²) >= 11 is 0. The van der Waals surface area contributed by atoms with E-state index < -0.39 is 0 Å². The van der Waals surface area contributed by atoms with Gasteiger partial charge < -0.3 is 14.8 Å². The van der Waals surface area contributed by atoms with E-state index >= 15 is 0 Å². The highest BCUT2D eigenvalue weighted by Crippen LogP contribution is 2.20. The summed E-state index contributed by atoms with van der Waals surface area (Å²) in [4.78, 5) is 2.45. The van der Waals surface area contributed by atoms with Gasteiger partial charge in [0.15, 0.2) is 0 Å². The van der Waals surface area contributed by atoms with Gasteiger partial charge in [0.2, 0.25) is 0 Å². The van der Waals surface area contributed by atoms with Gasteiger partial charge in [-0.3, -0.25) is 4.90 Å². The largest absolute Gasteiger partial charge is 0.496 e. The minimum atomic E-state index is 0.684. The van der Waals surface area contributed by atoms with Crippen LogP contribution in [-0.2, 0) is 17.8 Å². The first-order valence-electron chi connectivity index (χ1n) is 7.50. The Kier molecular flexibility index (Phi) is 6.30. The van der Waals surface area contributed by atoms with Crippen LogP contribution < -0.4 is 10.1 Å². The number of benzene rings is 1. The van der Waals surface area contributed by atoms with E-state index in [1.165, 1.54) is 11.1 Å². The second-order valence-corrected chi connectivity index (χ2v) is 5.14. The second-order valence-electron chi connectivity index (χ2n) is 5.14. The molecule has 0 unspecified atom stereocenters. The van der Waals surface area contributed by atoms with E-state index in [1.807, 2.05) is 6.07 Å². The number of piperazine rings is 1. The maximum atomic E-state index is 5.79. The predicted octanol–water partition coefficient (Wildman–Crippen LogP) is 1.68. The lowest BCUT2D eigenvalue weighted by Gasteiger charge is -2.26. The summed E-state index contributed by atoms with van der Waals surface area (Å²) in [5, 5.41) is 3.36. The highest BCUT2D eigenvalue weighted by Gasteiger charge is 2.08. The van der Waals surface area contributed by atoms with Gasteiger partial charge in [-0.1, -0.05) is 13.0 Å². The highest BCUT2D eigenvalue weighted by molar-refractivity contribution is 5.37. The Bertz CT molecular complexity index is 403. The van der Waals surface area contributed by atoms with Crippen LogP contribution >= 0.6 is 0 Å². The first-order chi connectivity index (χ1) is 9.83. The number of aryl methyl sites for hydroxylation is 1. The van der Waals surface area contributed by atoms with Crippen LogP contribution in [0.2, 0.25) is 0 Å². The monoisotopic (exact) mass is 278 g/mol. The van der Waals surface area contributed by atoms with Gasteiger partial charge >= 0.3 is 0 Å². The van der Waals surface area contributed by atoms with Crippen molar-refractivity contribution in [2.45, 2.75) is 20.0 Å². The van der Waals surface area contributed by atoms with Gasteiger partial charge in [-0.05, 0) is 29.7 Å². The molecule has 0 amide bonds. The SMILES string of the molecule is CCc1cc(COCCN2CCNCC2)ccc1OC. The average Bonchev–Trinajstić information content (AvgIpc) is 2.52. The summed E-state index contributed by atoms with van der Waals surface area (Å²) in [5.74, 6) is 0.970. The summed E-state index contributed by atoms with van der Waals surface area (Å²) < 4.78 is 11.1. The third kappa shape index (κ3) is 4.47. The van der Waals surface area contributed by atoms with Gasteiger partial charge in [0, 0.05) is 32.7 Å². The minimum absolute atomic E-state index is 0.684. The van der Waals surface area contributed by atoms with Crippen molar-refractivity contribution in [3.63, 3.8) is 0 Å². The van der Waals surface area contributed by atoms with Crippen LogP contribution in [-0.4, -0.2) is 51.3 Å². The number of nitrogens with zero attached hydrogens (tertiary/aromatic N) is 1. The molecule has 20 heavy (non-hydrogen) atoms. The van der Waals surface area contributed by atoms with Crippen LogP contribution in [0.5, 0.6) is 5.75 Å². The molecule has 0 aliphatic carbocycles. The van der Waals surface area contributed by atoms with E-state index in [-0.39, 0.29) is 0 Å². The molecule has 0 spiro atoms. The van der Waals surface area contributed by atoms with Gasteiger partial charge in [0.05, 0.1) is 20.3 Å². The Labute approximate surface area is 122 Å². The van der Waals surface area contributed by atoms with Crippen LogP contribution in [0.1, 0.15) is 18.1 Å². The van der Waals surface area contributed by atoms with Crippen molar-refractivity contribution < 1.29 is 9.47 Å². The molecular formula is C16H26N2O2. The summed E-state index contributed by atoms with van der Waals surface area (Å²) in [5.41, 5.74) is 2.47. The fraction of sp³-hybridized carbons (Fsp3) is 0.625. The number of hydrogen-bond acceptors (Lipinski definition) is 4. The van der Waals surface area contributed by atoms with Crippen LogP contribution in [0.4, 0.5) is 0 Å². The summed E-state index contributed by atoms with van der Waals surface area (Å²) in [6, 6.07) is 6.31. The van der Waals surface area contributed by atoms with E-state index in [1.54, 1.807) is 7.11 Å². The molecule has 1 fully saturated rings. The van der Waals surface area contributed by atoms with Crippen molar-refractivity contribution in [1.82, 2.24) is 10.2 Å². The summed E-state index contributed by atoms with van der Waals surface area (Å²) in [6.07, 6.45) is 0.984. The molecule has 2 rings (SSSR count). The van der Waals surface area contributed by atoms with Crippen molar-refractivity contribution in [2.24, 2.45) is 0 Å². The van der Waals surface area contributed by atoms with Crippen LogP contribution in [0, 0.1) is 0 Å². The van der Waals surface area contributed by atoms with Gasteiger partial charge in [0.1, 0.15) is 5.75 Å². The lowest BCUT2D eigenvalue weighted by Crippen LogP contribution is -2.44. The number of ether oxygens (including phenoxy) is 2. The summed E-state index contributed by atoms with van der Waals surface area (Å²) in [7, 11) is 1.72. The van der Waals surface area contributed by atoms with E-state index in [2.05, 4.69) is 29.3 Å². The van der Waals surface area contributed by atoms with Crippen molar-refractivity contribution in [3.05, 3.63) is 29.3 Å². The van der Waals surface area contributed by atoms with Crippen LogP contribution in [0.15, 0.2) is 18.2 Å². The molecule has 1 aliphatic rings. The maximum absolute atomic E-state index is 5.79. The minimum Gasteiger partial charge on any atom is -0.496 e. The highest BCUT2D eigenvalue weighted by atomic mass is 16.5. The van der Waals surface area contributed by atoms with E-state index in [4.69, 9.17) is 9.47 Å². The molecule has 1 aliphatic heterocycles. The quantitative estimate of drug-likeness (QED) is 0.770. The fourth-order valence-electron chi connectivity index (χ4n) is 2.52. The standard InChI is InChI=1S/C16H26N2O2/c1-3-15-12-14(4-5-16(15)19-2)13-20-11-10-18-8-6-17-7-9-18/h4-5,12,17H,3,6-11,13H2,1-2H3. The molecule has 0 radical (unpaired) electrons. The lowest BCUT2D eigenvalue weighted by molar-refractivity contribution is 0.0885. The molecule has 0 saturated carbocycles. The number of hydrogen-bond donors (Lipinski definition) is 1. The zero-order valence-corrected chi connectivity index (χ0v) is 12.7. The van der Waals surface area contributed by atoms with Crippen molar-refractivity contribution in [2.75, 3.05) is 46.4 Å². The molecule has 0 atom stereocenters. The molecule has 1 aromatic rings. The second kappa shape index (κ2) is 8.25. The Hall–Kier alpha value is -1.10. The first kappa shape index (κ1) is 15.3. The topological polar surface area (TPSA) is 33.7 Å². The van der Waals surface area contributed by atoms with Gasteiger partial charge in [-0.25, -0.2) is 0 Å². The number of rotatable bonds is 7. The Morgan fingerprint density at radius 1 is 1.25 bits per heavy atom. The van der Waals surface area contributed by atoms with E-state index in [9.17, 15) is 0 Å². The third-order valence-electron chi connectivity index (χ3n) is 3.76. The van der Waals surface area contributed by atoms with E-state index in [0.29, 0.717) is 6.61 Å². The fourth-order valence-corrected chi connectivity index (χ4v) is 2.52. The molecular weight excluding hydrogens is 252 g/mol. The molecule has 4 nitrogen and oxygen atoms in total. The predicted molar refractivity (Wildman–Crippen MR) is 81.3 cm³/mol. The normalized spacial score (nSPS) is 16.3. The first-order valence-corrected chi connectivity index (χ1v) is 7.50. The Balaban J connectivity index is 1.73. The zero-order chi connectivity index (χ0) is 14.2. The van der Waals surface area contributed by atoms with Crippen LogP contribution in [0.3, 0.4) is 0 Å². The Morgan fingerprint density at radius 3 is 2.75 bits per heavy atom. The lowest BCUT2D eigenvalue weighted by atomic mass is 10.1. The summed E-state index contributed by atoms with van der Waals surface area (Å²) in [6.45, 7) is 9.11. The molecule has 1 aromatic carbocycles. The number of methoxy groups -OCH3 is 1. The average molecular weight is 278 g/mol. The van der Waals surface area contributed by atoms with Crippen molar-refractivity contribution in [1.29, 1.82) is 0 Å². The molecule has 1 saturated heterocycles. The van der Waals surface area contributed by atoms with Gasteiger partial charge in [-0.2, -0.15) is 0 Å². The van der Waals surface area contributed by atoms with E-state index in [0.717, 1.165) is 51.5 Å². The van der Waals surface area contributed by atoms with Gasteiger partial charge in [-0.15, -0.1) is 0 Å². The molecule has 1 N–H and O–H groups in total. The molecule has 0 bridgehead atoms. The molecule has 112 valence electrons. The molecule has 1 heterocycles. The zero-order valence-electron chi connectivity index (χ0n) is 12.7. The molecule has 0 aromatic heterocycles. The van der Waals surface area contributed by atoms with Crippen molar-refractivity contribution >= 4 is 0 Å². The van der Waals surface area contributed by atoms with Crippen LogP contribution in [0.25, 0.3) is 0 Å². The smallest absolute Gasteiger partial charge is 0.122 e. The third-order valence-corrected chi connectivity index (χ3v) is 3.76. The van der Waals surface area contributed by atoms with Gasteiger partial charge in [0.25, 0.3) is 0 Å². The number of nitrogens with one attached hydrogen (secondary N) is 1. The molecule has 4 heteroatoms. The van der Waals surface area contributed by atoms with Crippen molar-refractivity contribution in [3.8, 4) is 5.75 Å². The Morgan fingerprint density at radius 2 is 2.05 bits per heavy atom.